The van der Waals surface area contributed by atoms with Crippen molar-refractivity contribution in [1.29, 1.82) is 0 Å². The van der Waals surface area contributed by atoms with Crippen LogP contribution in [0.5, 0.6) is 0 Å². The van der Waals surface area contributed by atoms with Crippen molar-refractivity contribution in [3.8, 4) is 0 Å². The summed E-state index contributed by atoms with van der Waals surface area (Å²) in [6.45, 7) is 0. The highest BCUT2D eigenvalue weighted by Crippen LogP contribution is 2.22. The van der Waals surface area contributed by atoms with Gasteiger partial charge in [0.2, 0.25) is 0 Å². The van der Waals surface area contributed by atoms with Crippen LogP contribution >= 0.6 is 31.9 Å². The molecule has 0 saturated heterocycles. The van der Waals surface area contributed by atoms with Gasteiger partial charge < -0.3 is 0 Å². The maximum absolute atomic E-state index is 13.8. The summed E-state index contributed by atoms with van der Waals surface area (Å²) >= 11 is 6.84. The molecule has 2 aromatic carbocycles. The highest BCUT2D eigenvalue weighted by Gasteiger charge is 2.13. The molecule has 0 radical (unpaired) electrons. The Bertz CT molecular complexity index is 567. The van der Waals surface area contributed by atoms with Gasteiger partial charge in [0.1, 0.15) is 11.6 Å². The second-order valence-electron chi connectivity index (χ2n) is 4.79. The molecule has 1 atom stereocenters. The summed E-state index contributed by atoms with van der Waals surface area (Å²) < 4.78 is 27.5. The zero-order valence-corrected chi connectivity index (χ0v) is 13.9. The van der Waals surface area contributed by atoms with Crippen molar-refractivity contribution in [1.82, 2.24) is 0 Å². The van der Waals surface area contributed by atoms with Crippen LogP contribution in [-0.2, 0) is 12.8 Å². The SMILES string of the molecule is Fc1ccc(CC(CBr)Cc2cc(Br)ccc2F)cc1. The van der Waals surface area contributed by atoms with Crippen LogP contribution in [0.3, 0.4) is 0 Å². The van der Waals surface area contributed by atoms with Gasteiger partial charge in [0.05, 0.1) is 0 Å². The number of hydrogen-bond acceptors (Lipinski definition) is 0. The minimum absolute atomic E-state index is 0.182. The van der Waals surface area contributed by atoms with Gasteiger partial charge in [0.15, 0.2) is 0 Å². The van der Waals surface area contributed by atoms with E-state index >= 15 is 0 Å². The van der Waals surface area contributed by atoms with Crippen molar-refractivity contribution >= 4 is 31.9 Å². The fraction of sp³-hybridized carbons (Fsp3) is 0.250. The summed E-state index contributed by atoms with van der Waals surface area (Å²) in [5.74, 6) is -0.148. The Morgan fingerprint density at radius 2 is 1.65 bits per heavy atom. The van der Waals surface area contributed by atoms with Crippen molar-refractivity contribution < 1.29 is 8.78 Å². The minimum Gasteiger partial charge on any atom is -0.207 e. The van der Waals surface area contributed by atoms with Crippen molar-refractivity contribution in [3.05, 3.63) is 69.7 Å². The lowest BCUT2D eigenvalue weighted by Gasteiger charge is -2.15. The summed E-state index contributed by atoms with van der Waals surface area (Å²) in [7, 11) is 0. The molecular weight excluding hydrogens is 390 g/mol. The van der Waals surface area contributed by atoms with Gasteiger partial charge in [-0.15, -0.1) is 0 Å². The molecule has 0 N–H and O–H groups in total. The van der Waals surface area contributed by atoms with Gasteiger partial charge in [-0.1, -0.05) is 44.0 Å². The van der Waals surface area contributed by atoms with E-state index in [0.717, 1.165) is 21.8 Å². The van der Waals surface area contributed by atoms with Crippen LogP contribution in [0.1, 0.15) is 11.1 Å². The maximum atomic E-state index is 13.8. The lowest BCUT2D eigenvalue weighted by molar-refractivity contribution is 0.549. The monoisotopic (exact) mass is 402 g/mol. The van der Waals surface area contributed by atoms with Crippen LogP contribution in [0, 0.1) is 17.6 Å². The number of hydrogen-bond donors (Lipinski definition) is 0. The van der Waals surface area contributed by atoms with Gasteiger partial charge in [-0.2, -0.15) is 0 Å². The van der Waals surface area contributed by atoms with Crippen LogP contribution < -0.4 is 0 Å². The minimum atomic E-state index is -0.234. The highest BCUT2D eigenvalue weighted by atomic mass is 79.9. The average Bonchev–Trinajstić information content (AvgIpc) is 2.44. The van der Waals surface area contributed by atoms with Crippen LogP contribution in [0.15, 0.2) is 46.9 Å². The fourth-order valence-electron chi connectivity index (χ4n) is 2.15. The smallest absolute Gasteiger partial charge is 0.126 e. The summed E-state index contributed by atoms with van der Waals surface area (Å²) in [6.07, 6.45) is 1.44. The Balaban J connectivity index is 2.08. The van der Waals surface area contributed by atoms with Crippen molar-refractivity contribution in [3.63, 3.8) is 0 Å². The molecule has 0 heterocycles. The molecule has 0 aliphatic rings. The zero-order chi connectivity index (χ0) is 14.5. The first kappa shape index (κ1) is 15.6. The molecule has 0 aliphatic carbocycles. The molecule has 1 unspecified atom stereocenters. The third-order valence-corrected chi connectivity index (χ3v) is 4.58. The standard InChI is InChI=1S/C16H14Br2F2/c17-10-12(7-11-1-4-15(19)5-2-11)8-13-9-14(18)3-6-16(13)20/h1-6,9,12H,7-8,10H2. The van der Waals surface area contributed by atoms with E-state index in [1.807, 2.05) is 6.07 Å². The maximum Gasteiger partial charge on any atom is 0.126 e. The van der Waals surface area contributed by atoms with E-state index in [2.05, 4.69) is 31.9 Å². The molecule has 0 aromatic heterocycles. The van der Waals surface area contributed by atoms with Crippen molar-refractivity contribution in [2.45, 2.75) is 12.8 Å². The quantitative estimate of drug-likeness (QED) is 0.576. The van der Waals surface area contributed by atoms with E-state index in [1.165, 1.54) is 18.2 Å². The molecule has 0 amide bonds. The molecule has 0 saturated carbocycles. The first-order valence-corrected chi connectivity index (χ1v) is 8.24. The summed E-state index contributed by atoms with van der Waals surface area (Å²) in [4.78, 5) is 0. The molecule has 0 spiro atoms. The average molecular weight is 404 g/mol. The molecule has 2 rings (SSSR count). The van der Waals surface area contributed by atoms with Gasteiger partial charge in [-0.25, -0.2) is 8.78 Å². The van der Waals surface area contributed by atoms with Crippen molar-refractivity contribution in [2.75, 3.05) is 5.33 Å². The normalized spacial score (nSPS) is 12.4. The predicted octanol–water partition coefficient (Wildman–Crippen LogP) is 5.52. The summed E-state index contributed by atoms with van der Waals surface area (Å²) in [5.41, 5.74) is 1.76. The van der Waals surface area contributed by atoms with Gasteiger partial charge in [-0.05, 0) is 60.2 Å². The zero-order valence-electron chi connectivity index (χ0n) is 10.8. The Kier molecular flexibility index (Phi) is 5.73. The molecule has 0 aliphatic heterocycles. The Hall–Kier alpha value is -0.740. The number of benzene rings is 2. The van der Waals surface area contributed by atoms with Crippen LogP contribution in [0.25, 0.3) is 0 Å². The van der Waals surface area contributed by atoms with Gasteiger partial charge in [0, 0.05) is 9.80 Å². The molecule has 2 aromatic rings. The van der Waals surface area contributed by atoms with E-state index < -0.39 is 0 Å². The predicted molar refractivity (Wildman–Crippen MR) is 85.2 cm³/mol. The highest BCUT2D eigenvalue weighted by molar-refractivity contribution is 9.10. The first-order valence-electron chi connectivity index (χ1n) is 6.33. The number of rotatable bonds is 5. The lowest BCUT2D eigenvalue weighted by atomic mass is 9.94. The molecule has 0 nitrogen and oxygen atoms in total. The molecular formula is C16H14Br2F2. The van der Waals surface area contributed by atoms with Crippen LogP contribution in [-0.4, -0.2) is 5.33 Å². The van der Waals surface area contributed by atoms with E-state index in [4.69, 9.17) is 0 Å². The van der Waals surface area contributed by atoms with Gasteiger partial charge in [-0.3, -0.25) is 0 Å². The second kappa shape index (κ2) is 7.32. The van der Waals surface area contributed by atoms with Crippen LogP contribution in [0.2, 0.25) is 0 Å². The third-order valence-electron chi connectivity index (χ3n) is 3.17. The van der Waals surface area contributed by atoms with E-state index in [-0.39, 0.29) is 17.6 Å². The third kappa shape index (κ3) is 4.38. The molecule has 20 heavy (non-hydrogen) atoms. The van der Waals surface area contributed by atoms with E-state index in [9.17, 15) is 8.78 Å². The van der Waals surface area contributed by atoms with Gasteiger partial charge in [0.25, 0.3) is 0 Å². The Morgan fingerprint density at radius 1 is 0.950 bits per heavy atom. The van der Waals surface area contributed by atoms with E-state index in [1.54, 1.807) is 18.2 Å². The number of alkyl halides is 1. The van der Waals surface area contributed by atoms with Crippen molar-refractivity contribution in [2.24, 2.45) is 5.92 Å². The lowest BCUT2D eigenvalue weighted by Crippen LogP contribution is -2.11. The summed E-state index contributed by atoms with van der Waals surface area (Å²) in [6, 6.07) is 11.5. The van der Waals surface area contributed by atoms with Crippen LogP contribution in [0.4, 0.5) is 8.78 Å². The molecule has 0 fully saturated rings. The second-order valence-corrected chi connectivity index (χ2v) is 6.35. The molecule has 0 bridgehead atoms. The topological polar surface area (TPSA) is 0 Å². The van der Waals surface area contributed by atoms with E-state index in [0.29, 0.717) is 12.0 Å². The van der Waals surface area contributed by atoms with Gasteiger partial charge >= 0.3 is 0 Å². The fourth-order valence-corrected chi connectivity index (χ4v) is 3.01. The number of halogens is 4. The summed E-state index contributed by atoms with van der Waals surface area (Å²) in [5, 5.41) is 0.774. The Labute approximate surface area is 134 Å². The molecule has 106 valence electrons. The molecule has 4 heteroatoms. The largest absolute Gasteiger partial charge is 0.207 e. The Morgan fingerprint density at radius 3 is 2.30 bits per heavy atom. The first-order chi connectivity index (χ1) is 9.58.